The molecule has 1 fully saturated rings. The number of rotatable bonds is 6. The monoisotopic (exact) mass is 368 g/mol. The van der Waals surface area contributed by atoms with Crippen molar-refractivity contribution in [3.8, 4) is 11.5 Å². The molecule has 1 atom stereocenters. The van der Waals surface area contributed by atoms with Gasteiger partial charge in [-0.15, -0.1) is 0 Å². The number of carbonyl (C=O) groups excluding carboxylic acids is 1. The highest BCUT2D eigenvalue weighted by molar-refractivity contribution is 5.94. The van der Waals surface area contributed by atoms with Crippen LogP contribution in [-0.4, -0.2) is 43.2 Å². The van der Waals surface area contributed by atoms with Crippen LogP contribution in [0.4, 0.5) is 5.69 Å². The van der Waals surface area contributed by atoms with Crippen LogP contribution in [0.1, 0.15) is 25.3 Å². The van der Waals surface area contributed by atoms with Gasteiger partial charge in [-0.25, -0.2) is 0 Å². The van der Waals surface area contributed by atoms with Crippen molar-refractivity contribution in [1.29, 1.82) is 0 Å². The van der Waals surface area contributed by atoms with Gasteiger partial charge in [0.2, 0.25) is 0 Å². The zero-order valence-electron chi connectivity index (χ0n) is 16.3. The first kappa shape index (κ1) is 19.2. The van der Waals surface area contributed by atoms with Gasteiger partial charge in [0.05, 0.1) is 0 Å². The molecule has 1 aliphatic rings. The van der Waals surface area contributed by atoms with Crippen LogP contribution >= 0.6 is 0 Å². The van der Waals surface area contributed by atoms with E-state index in [9.17, 15) is 4.79 Å². The smallest absolute Gasteiger partial charge is 0.265 e. The van der Waals surface area contributed by atoms with Crippen LogP contribution < -0.4 is 14.8 Å². The molecular weight excluding hydrogens is 340 g/mol. The minimum absolute atomic E-state index is 0.181. The molecule has 0 saturated carbocycles. The number of amides is 1. The fourth-order valence-corrected chi connectivity index (χ4v) is 3.03. The van der Waals surface area contributed by atoms with Gasteiger partial charge < -0.3 is 19.7 Å². The Labute approximate surface area is 161 Å². The van der Waals surface area contributed by atoms with Crippen molar-refractivity contribution in [2.45, 2.75) is 38.9 Å². The second kappa shape index (κ2) is 8.91. The van der Waals surface area contributed by atoms with Gasteiger partial charge in [0.15, 0.2) is 6.10 Å². The number of nitrogens with zero attached hydrogens (tertiary/aromatic N) is 1. The van der Waals surface area contributed by atoms with Gasteiger partial charge in [-0.2, -0.15) is 0 Å². The minimum Gasteiger partial charge on any atom is -0.490 e. The topological polar surface area (TPSA) is 50.8 Å². The van der Waals surface area contributed by atoms with Crippen LogP contribution in [0.15, 0.2) is 48.5 Å². The Morgan fingerprint density at radius 2 is 1.63 bits per heavy atom. The summed E-state index contributed by atoms with van der Waals surface area (Å²) in [5.74, 6) is 1.34. The van der Waals surface area contributed by atoms with Crippen molar-refractivity contribution < 1.29 is 14.3 Å². The first-order valence-corrected chi connectivity index (χ1v) is 9.49. The Kier molecular flexibility index (Phi) is 6.35. The fourth-order valence-electron chi connectivity index (χ4n) is 3.03. The van der Waals surface area contributed by atoms with Crippen molar-refractivity contribution in [2.24, 2.45) is 0 Å². The highest BCUT2D eigenvalue weighted by Gasteiger charge is 2.18. The van der Waals surface area contributed by atoms with Crippen LogP contribution in [-0.2, 0) is 4.79 Å². The molecule has 1 amide bonds. The van der Waals surface area contributed by atoms with Gasteiger partial charge >= 0.3 is 0 Å². The number of carbonyl (C=O) groups is 1. The van der Waals surface area contributed by atoms with Crippen molar-refractivity contribution >= 4 is 11.6 Å². The van der Waals surface area contributed by atoms with Crippen LogP contribution in [0, 0.1) is 6.92 Å². The Morgan fingerprint density at radius 1 is 1.04 bits per heavy atom. The maximum absolute atomic E-state index is 12.3. The molecule has 0 aromatic heterocycles. The molecule has 0 bridgehead atoms. The molecule has 144 valence electrons. The standard InChI is InChI=1S/C22H28N2O3/c1-16-4-8-19(9-5-16)26-17(2)22(25)23-18-6-10-20(11-7-18)27-21-12-14-24(3)15-13-21/h4-11,17,21H,12-15H2,1-3H3,(H,23,25)/t17-/m1/s1. The second-order valence-corrected chi connectivity index (χ2v) is 7.21. The molecule has 1 aliphatic heterocycles. The van der Waals surface area contributed by atoms with E-state index in [1.54, 1.807) is 6.92 Å². The summed E-state index contributed by atoms with van der Waals surface area (Å²) in [5.41, 5.74) is 1.89. The summed E-state index contributed by atoms with van der Waals surface area (Å²) in [6.45, 7) is 5.89. The highest BCUT2D eigenvalue weighted by Crippen LogP contribution is 2.21. The number of hydrogen-bond donors (Lipinski definition) is 1. The normalized spacial score (nSPS) is 16.6. The van der Waals surface area contributed by atoms with Crippen LogP contribution in [0.5, 0.6) is 11.5 Å². The molecule has 1 heterocycles. The van der Waals surface area contributed by atoms with E-state index >= 15 is 0 Å². The van der Waals surface area contributed by atoms with Crippen LogP contribution in [0.25, 0.3) is 0 Å². The minimum atomic E-state index is -0.581. The van der Waals surface area contributed by atoms with E-state index in [0.717, 1.165) is 42.9 Å². The van der Waals surface area contributed by atoms with E-state index in [-0.39, 0.29) is 12.0 Å². The lowest BCUT2D eigenvalue weighted by atomic mass is 10.1. The maximum Gasteiger partial charge on any atom is 0.265 e. The lowest BCUT2D eigenvalue weighted by Gasteiger charge is -2.29. The summed E-state index contributed by atoms with van der Waals surface area (Å²) in [4.78, 5) is 14.7. The SMILES string of the molecule is Cc1ccc(O[C@H](C)C(=O)Nc2ccc(OC3CCN(C)CC3)cc2)cc1. The summed E-state index contributed by atoms with van der Waals surface area (Å²) in [5, 5.41) is 2.88. The number of benzene rings is 2. The first-order chi connectivity index (χ1) is 13.0. The quantitative estimate of drug-likeness (QED) is 0.841. The van der Waals surface area contributed by atoms with Gasteiger partial charge in [-0.1, -0.05) is 17.7 Å². The van der Waals surface area contributed by atoms with E-state index in [1.807, 2.05) is 55.5 Å². The number of nitrogens with one attached hydrogen (secondary N) is 1. The summed E-state index contributed by atoms with van der Waals surface area (Å²) in [7, 11) is 2.14. The lowest BCUT2D eigenvalue weighted by molar-refractivity contribution is -0.122. The zero-order valence-corrected chi connectivity index (χ0v) is 16.3. The highest BCUT2D eigenvalue weighted by atomic mass is 16.5. The largest absolute Gasteiger partial charge is 0.490 e. The van der Waals surface area contributed by atoms with E-state index in [2.05, 4.69) is 17.3 Å². The average Bonchev–Trinajstić information content (AvgIpc) is 2.67. The molecule has 1 saturated heterocycles. The van der Waals surface area contributed by atoms with Crippen molar-refractivity contribution in [3.05, 3.63) is 54.1 Å². The Morgan fingerprint density at radius 3 is 2.26 bits per heavy atom. The summed E-state index contributed by atoms with van der Waals surface area (Å²) >= 11 is 0. The number of likely N-dealkylation sites (tertiary alicyclic amines) is 1. The summed E-state index contributed by atoms with van der Waals surface area (Å²) in [6.07, 6.45) is 1.78. The van der Waals surface area contributed by atoms with Crippen LogP contribution in [0.3, 0.4) is 0 Å². The molecule has 0 unspecified atom stereocenters. The number of anilines is 1. The third-order valence-electron chi connectivity index (χ3n) is 4.79. The van der Waals surface area contributed by atoms with Crippen LogP contribution in [0.2, 0.25) is 0 Å². The Balaban J connectivity index is 1.49. The van der Waals surface area contributed by atoms with Crippen molar-refractivity contribution in [3.63, 3.8) is 0 Å². The lowest BCUT2D eigenvalue weighted by Crippen LogP contribution is -2.35. The van der Waals surface area contributed by atoms with Gasteiger partial charge in [0.1, 0.15) is 17.6 Å². The van der Waals surface area contributed by atoms with E-state index in [0.29, 0.717) is 5.75 Å². The third-order valence-corrected chi connectivity index (χ3v) is 4.79. The number of piperidine rings is 1. The maximum atomic E-state index is 12.3. The van der Waals surface area contributed by atoms with Gasteiger partial charge in [0, 0.05) is 18.8 Å². The summed E-state index contributed by atoms with van der Waals surface area (Å²) < 4.78 is 11.7. The molecule has 2 aromatic rings. The molecule has 0 spiro atoms. The molecule has 2 aromatic carbocycles. The Hall–Kier alpha value is -2.53. The fraction of sp³-hybridized carbons (Fsp3) is 0.409. The molecule has 0 aliphatic carbocycles. The molecule has 5 heteroatoms. The number of ether oxygens (including phenoxy) is 2. The molecule has 3 rings (SSSR count). The van der Waals surface area contributed by atoms with Gasteiger partial charge in [0.25, 0.3) is 5.91 Å². The summed E-state index contributed by atoms with van der Waals surface area (Å²) in [6, 6.07) is 15.2. The zero-order chi connectivity index (χ0) is 19.2. The van der Waals surface area contributed by atoms with Crippen molar-refractivity contribution in [1.82, 2.24) is 4.90 Å². The molecule has 0 radical (unpaired) electrons. The van der Waals surface area contributed by atoms with Crippen molar-refractivity contribution in [2.75, 3.05) is 25.5 Å². The first-order valence-electron chi connectivity index (χ1n) is 9.49. The molecule has 1 N–H and O–H groups in total. The van der Waals surface area contributed by atoms with Gasteiger partial charge in [-0.05, 0) is 70.1 Å². The van der Waals surface area contributed by atoms with E-state index < -0.39 is 6.10 Å². The average molecular weight is 368 g/mol. The number of aryl methyl sites for hydroxylation is 1. The Bertz CT molecular complexity index is 735. The molecule has 5 nitrogen and oxygen atoms in total. The predicted octanol–water partition coefficient (Wildman–Crippen LogP) is 3.87. The number of hydrogen-bond acceptors (Lipinski definition) is 4. The predicted molar refractivity (Wildman–Crippen MR) is 107 cm³/mol. The molecule has 27 heavy (non-hydrogen) atoms. The van der Waals surface area contributed by atoms with Gasteiger partial charge in [-0.3, -0.25) is 4.79 Å². The third kappa shape index (κ3) is 5.73. The van der Waals surface area contributed by atoms with E-state index in [1.165, 1.54) is 0 Å². The molecular formula is C22H28N2O3. The second-order valence-electron chi connectivity index (χ2n) is 7.21. The van der Waals surface area contributed by atoms with E-state index in [4.69, 9.17) is 9.47 Å².